The molecule has 13 heavy (non-hydrogen) atoms. The number of nitrogens with one attached hydrogen (secondary N) is 1. The third kappa shape index (κ3) is 8.26. The fourth-order valence-corrected chi connectivity index (χ4v) is 1.17. The lowest BCUT2D eigenvalue weighted by molar-refractivity contribution is 0.162. The fourth-order valence-electron chi connectivity index (χ4n) is 1.17. The SMILES string of the molecule is CCC(O)CNC(C)CCC(C)C. The molecule has 0 radical (unpaired) electrons. The number of aliphatic hydroxyl groups is 1. The van der Waals surface area contributed by atoms with Gasteiger partial charge in [-0.15, -0.1) is 0 Å². The first-order chi connectivity index (χ1) is 6.06. The van der Waals surface area contributed by atoms with E-state index in [0.717, 1.165) is 18.9 Å². The molecule has 0 aromatic rings. The molecule has 0 bridgehead atoms. The summed E-state index contributed by atoms with van der Waals surface area (Å²) in [5, 5.41) is 12.7. The van der Waals surface area contributed by atoms with E-state index in [2.05, 4.69) is 26.1 Å². The van der Waals surface area contributed by atoms with Crippen LogP contribution in [0.2, 0.25) is 0 Å². The van der Waals surface area contributed by atoms with Crippen LogP contribution < -0.4 is 5.32 Å². The van der Waals surface area contributed by atoms with Gasteiger partial charge >= 0.3 is 0 Å². The van der Waals surface area contributed by atoms with Gasteiger partial charge in [-0.25, -0.2) is 0 Å². The zero-order valence-electron chi connectivity index (χ0n) is 9.51. The zero-order valence-corrected chi connectivity index (χ0v) is 9.51. The maximum absolute atomic E-state index is 9.32. The summed E-state index contributed by atoms with van der Waals surface area (Å²) in [6.45, 7) is 9.41. The first kappa shape index (κ1) is 12.9. The van der Waals surface area contributed by atoms with E-state index in [0.29, 0.717) is 6.04 Å². The van der Waals surface area contributed by atoms with Crippen molar-refractivity contribution in [3.63, 3.8) is 0 Å². The lowest BCUT2D eigenvalue weighted by Crippen LogP contribution is -2.33. The minimum absolute atomic E-state index is 0.179. The summed E-state index contributed by atoms with van der Waals surface area (Å²) in [5.74, 6) is 0.778. The molecule has 0 saturated heterocycles. The molecule has 0 aliphatic carbocycles. The molecule has 0 rings (SSSR count). The first-order valence-electron chi connectivity index (χ1n) is 5.47. The highest BCUT2D eigenvalue weighted by Gasteiger charge is 2.05. The van der Waals surface area contributed by atoms with Gasteiger partial charge in [-0.05, 0) is 32.1 Å². The highest BCUT2D eigenvalue weighted by molar-refractivity contribution is 4.65. The maximum atomic E-state index is 9.32. The molecule has 0 amide bonds. The van der Waals surface area contributed by atoms with Crippen molar-refractivity contribution in [2.75, 3.05) is 6.54 Å². The van der Waals surface area contributed by atoms with Gasteiger partial charge in [-0.2, -0.15) is 0 Å². The molecule has 80 valence electrons. The average Bonchev–Trinajstić information content (AvgIpc) is 2.10. The summed E-state index contributed by atoms with van der Waals surface area (Å²) in [5.41, 5.74) is 0. The minimum Gasteiger partial charge on any atom is -0.392 e. The Balaban J connectivity index is 3.34. The maximum Gasteiger partial charge on any atom is 0.0662 e. The van der Waals surface area contributed by atoms with Crippen LogP contribution in [0.1, 0.15) is 47.0 Å². The molecule has 2 heteroatoms. The number of aliphatic hydroxyl groups excluding tert-OH is 1. The lowest BCUT2D eigenvalue weighted by Gasteiger charge is -2.16. The summed E-state index contributed by atoms with van der Waals surface area (Å²) in [6.07, 6.45) is 3.12. The largest absolute Gasteiger partial charge is 0.392 e. The number of hydrogen-bond acceptors (Lipinski definition) is 2. The molecule has 0 fully saturated rings. The second-order valence-electron chi connectivity index (χ2n) is 4.34. The van der Waals surface area contributed by atoms with Gasteiger partial charge in [0.15, 0.2) is 0 Å². The van der Waals surface area contributed by atoms with E-state index in [1.165, 1.54) is 12.8 Å². The van der Waals surface area contributed by atoms with Crippen molar-refractivity contribution in [3.05, 3.63) is 0 Å². The molecular formula is C11H25NO. The predicted molar refractivity (Wildman–Crippen MR) is 57.8 cm³/mol. The zero-order chi connectivity index (χ0) is 10.3. The van der Waals surface area contributed by atoms with Gasteiger partial charge < -0.3 is 10.4 Å². The summed E-state index contributed by atoms with van der Waals surface area (Å²) in [6, 6.07) is 0.531. The van der Waals surface area contributed by atoms with E-state index in [9.17, 15) is 5.11 Å². The summed E-state index contributed by atoms with van der Waals surface area (Å²) < 4.78 is 0. The van der Waals surface area contributed by atoms with Crippen molar-refractivity contribution in [1.29, 1.82) is 0 Å². The van der Waals surface area contributed by atoms with Crippen LogP contribution in [0, 0.1) is 5.92 Å². The van der Waals surface area contributed by atoms with Gasteiger partial charge in [-0.3, -0.25) is 0 Å². The van der Waals surface area contributed by atoms with E-state index in [1.54, 1.807) is 0 Å². The monoisotopic (exact) mass is 187 g/mol. The molecule has 0 aromatic carbocycles. The molecule has 0 spiro atoms. The number of hydrogen-bond donors (Lipinski definition) is 2. The molecule has 0 saturated carbocycles. The molecule has 2 unspecified atom stereocenters. The van der Waals surface area contributed by atoms with Gasteiger partial charge in [0.1, 0.15) is 0 Å². The van der Waals surface area contributed by atoms with Gasteiger partial charge in [-0.1, -0.05) is 20.8 Å². The van der Waals surface area contributed by atoms with Crippen LogP contribution in [0.5, 0.6) is 0 Å². The van der Waals surface area contributed by atoms with Gasteiger partial charge in [0, 0.05) is 12.6 Å². The topological polar surface area (TPSA) is 32.3 Å². The smallest absolute Gasteiger partial charge is 0.0662 e. The summed E-state index contributed by atoms with van der Waals surface area (Å²) >= 11 is 0. The normalized spacial score (nSPS) is 16.2. The Labute approximate surface area is 82.7 Å². The molecule has 2 N–H and O–H groups in total. The highest BCUT2D eigenvalue weighted by atomic mass is 16.3. The molecule has 0 aliphatic heterocycles. The molecule has 0 aromatic heterocycles. The average molecular weight is 187 g/mol. The fraction of sp³-hybridized carbons (Fsp3) is 1.00. The molecule has 2 nitrogen and oxygen atoms in total. The minimum atomic E-state index is -0.179. The third-order valence-electron chi connectivity index (χ3n) is 2.35. The quantitative estimate of drug-likeness (QED) is 0.640. The van der Waals surface area contributed by atoms with Crippen molar-refractivity contribution in [2.45, 2.75) is 59.1 Å². The van der Waals surface area contributed by atoms with Crippen LogP contribution in [-0.2, 0) is 0 Å². The Bertz CT molecular complexity index is 115. The molecular weight excluding hydrogens is 162 g/mol. The molecule has 2 atom stereocenters. The first-order valence-corrected chi connectivity index (χ1v) is 5.47. The van der Waals surface area contributed by atoms with Crippen LogP contribution in [0.25, 0.3) is 0 Å². The Morgan fingerprint density at radius 1 is 1.15 bits per heavy atom. The number of rotatable bonds is 7. The second kappa shape index (κ2) is 7.34. The van der Waals surface area contributed by atoms with Gasteiger partial charge in [0.2, 0.25) is 0 Å². The highest BCUT2D eigenvalue weighted by Crippen LogP contribution is 2.06. The van der Waals surface area contributed by atoms with Gasteiger partial charge in [0.05, 0.1) is 6.10 Å². The Morgan fingerprint density at radius 3 is 2.23 bits per heavy atom. The van der Waals surface area contributed by atoms with E-state index < -0.39 is 0 Å². The van der Waals surface area contributed by atoms with E-state index in [-0.39, 0.29) is 6.10 Å². The van der Waals surface area contributed by atoms with Crippen molar-refractivity contribution < 1.29 is 5.11 Å². The Kier molecular flexibility index (Phi) is 7.29. The van der Waals surface area contributed by atoms with E-state index >= 15 is 0 Å². The van der Waals surface area contributed by atoms with Crippen LogP contribution in [0.4, 0.5) is 0 Å². The summed E-state index contributed by atoms with van der Waals surface area (Å²) in [4.78, 5) is 0. The second-order valence-corrected chi connectivity index (χ2v) is 4.34. The Hall–Kier alpha value is -0.0800. The van der Waals surface area contributed by atoms with E-state index in [4.69, 9.17) is 0 Å². The summed E-state index contributed by atoms with van der Waals surface area (Å²) in [7, 11) is 0. The van der Waals surface area contributed by atoms with Crippen molar-refractivity contribution in [3.8, 4) is 0 Å². The van der Waals surface area contributed by atoms with Gasteiger partial charge in [0.25, 0.3) is 0 Å². The van der Waals surface area contributed by atoms with Crippen LogP contribution >= 0.6 is 0 Å². The van der Waals surface area contributed by atoms with Crippen LogP contribution in [-0.4, -0.2) is 23.8 Å². The van der Waals surface area contributed by atoms with Crippen LogP contribution in [0.3, 0.4) is 0 Å². The predicted octanol–water partition coefficient (Wildman–Crippen LogP) is 2.17. The lowest BCUT2D eigenvalue weighted by atomic mass is 10.0. The standard InChI is InChI=1S/C11H25NO/c1-5-11(13)8-12-10(4)7-6-9(2)3/h9-13H,5-8H2,1-4H3. The molecule has 0 heterocycles. The van der Waals surface area contributed by atoms with Crippen molar-refractivity contribution in [1.82, 2.24) is 5.32 Å². The molecule has 0 aliphatic rings. The van der Waals surface area contributed by atoms with E-state index in [1.807, 2.05) is 6.92 Å². The van der Waals surface area contributed by atoms with Crippen molar-refractivity contribution in [2.24, 2.45) is 5.92 Å². The Morgan fingerprint density at radius 2 is 1.77 bits per heavy atom. The van der Waals surface area contributed by atoms with Crippen molar-refractivity contribution >= 4 is 0 Å². The van der Waals surface area contributed by atoms with Crippen LogP contribution in [0.15, 0.2) is 0 Å². The third-order valence-corrected chi connectivity index (χ3v) is 2.35.